The lowest BCUT2D eigenvalue weighted by Crippen LogP contribution is -2.71. The Bertz CT molecular complexity index is 1660. The number of β-lactam (4-membered cyclic amide) rings is 1. The smallest absolute Gasteiger partial charge is 0.364 e. The van der Waals surface area contributed by atoms with Gasteiger partial charge in [-0.2, -0.15) is 14.7 Å². The summed E-state index contributed by atoms with van der Waals surface area (Å²) in [6.45, 7) is 0. The van der Waals surface area contributed by atoms with Gasteiger partial charge in [-0.1, -0.05) is 41.6 Å². The number of fused-ring (bicyclic) bond motifs is 2. The average Bonchev–Trinajstić information content (AvgIpc) is 3.32. The molecule has 41 heavy (non-hydrogen) atoms. The van der Waals surface area contributed by atoms with Gasteiger partial charge in [-0.05, 0) is 30.2 Å². The summed E-state index contributed by atoms with van der Waals surface area (Å²) in [7, 11) is 0. The molecule has 17 heteroatoms. The maximum atomic E-state index is 13.2. The van der Waals surface area contributed by atoms with E-state index in [2.05, 4.69) is 20.6 Å². The quantitative estimate of drug-likeness (QED) is 0.158. The molecule has 2 amide bonds. The summed E-state index contributed by atoms with van der Waals surface area (Å²) in [5.41, 5.74) is -0.157. The number of aromatic amines is 1. The van der Waals surface area contributed by atoms with Crippen molar-refractivity contribution in [1.82, 2.24) is 30.0 Å². The molecule has 2 unspecified atom stereocenters. The van der Waals surface area contributed by atoms with Crippen molar-refractivity contribution in [3.05, 3.63) is 68.7 Å². The molecule has 1 saturated heterocycles. The van der Waals surface area contributed by atoms with Crippen LogP contribution in [0.1, 0.15) is 24.5 Å². The minimum atomic E-state index is -1.64. The molecule has 0 bridgehead atoms. The van der Waals surface area contributed by atoms with E-state index in [9.17, 15) is 39.3 Å². The number of aliphatic carboxylic acids is 2. The summed E-state index contributed by atoms with van der Waals surface area (Å²) in [5.74, 6) is -3.93. The average molecular weight is 621 g/mol. The Morgan fingerprint density at radius 3 is 2.66 bits per heavy atom. The Labute approximate surface area is 243 Å². The van der Waals surface area contributed by atoms with Crippen LogP contribution in [0.5, 0.6) is 0 Å². The normalized spacial score (nSPS) is 19.9. The molecule has 0 radical (unpaired) electrons. The fraction of sp³-hybridized carbons (Fsp3) is 0.292. The fourth-order valence-electron chi connectivity index (χ4n) is 4.51. The number of aliphatic hydroxyl groups excluding tert-OH is 1. The second-order valence-electron chi connectivity index (χ2n) is 9.01. The van der Waals surface area contributed by atoms with Gasteiger partial charge in [-0.3, -0.25) is 19.3 Å². The number of nitrogens with one attached hydrogen (secondary N) is 2. The topological polar surface area (TPSA) is 207 Å². The predicted octanol–water partition coefficient (Wildman–Crippen LogP) is 0.869. The van der Waals surface area contributed by atoms with Crippen molar-refractivity contribution >= 4 is 64.5 Å². The van der Waals surface area contributed by atoms with Crippen LogP contribution in [0.25, 0.3) is 5.65 Å². The van der Waals surface area contributed by atoms with E-state index in [4.69, 9.17) is 11.6 Å². The zero-order chi connectivity index (χ0) is 29.4. The van der Waals surface area contributed by atoms with E-state index in [-0.39, 0.29) is 40.5 Å². The highest BCUT2D eigenvalue weighted by atomic mass is 35.5. The van der Waals surface area contributed by atoms with Gasteiger partial charge in [0, 0.05) is 28.0 Å². The Morgan fingerprint density at radius 1 is 1.20 bits per heavy atom. The molecule has 0 aliphatic carbocycles. The van der Waals surface area contributed by atoms with Crippen LogP contribution < -0.4 is 11.0 Å². The van der Waals surface area contributed by atoms with Gasteiger partial charge in [0.2, 0.25) is 0 Å². The third-order valence-electron chi connectivity index (χ3n) is 6.47. The van der Waals surface area contributed by atoms with Crippen LogP contribution in [0.15, 0.2) is 57.5 Å². The first-order valence-corrected chi connectivity index (χ1v) is 14.3. The number of amides is 2. The van der Waals surface area contributed by atoms with Gasteiger partial charge in [0.05, 0.1) is 0 Å². The molecular weight excluding hydrogens is 600 g/mol. The monoisotopic (exact) mass is 620 g/mol. The van der Waals surface area contributed by atoms with Crippen LogP contribution in [0.2, 0.25) is 5.02 Å². The van der Waals surface area contributed by atoms with E-state index in [1.54, 1.807) is 18.2 Å². The first kappa shape index (κ1) is 28.7. The van der Waals surface area contributed by atoms with Crippen LogP contribution in [-0.2, 0) is 19.2 Å². The SMILES string of the molecule is O=C(O)CCC(Sc1ccc2n[nH]c(=O)n2n1)C1=C(C(=O)O)N2C(=O)C(NC(=O)[C@H](O)c3ccccc3Cl)[C@H]2SC1. The summed E-state index contributed by atoms with van der Waals surface area (Å²) >= 11 is 8.33. The standard InChI is InChI=1S/C24H21ClN6O8S2/c25-12-4-2-1-3-10(12)19(34)20(35)26-17-21(36)30-18(23(37)38)11(9-40-22(17)30)13(5-8-16(32)33)41-15-7-6-14-27-28-24(39)31(14)29-15/h1-4,6-7,13,17,19,22,34H,5,8-9H2,(H,26,35)(H,28,39)(H,32,33)(H,37,38)/t13?,17?,19-,22-/m1/s1. The van der Waals surface area contributed by atoms with Gasteiger partial charge in [-0.15, -0.1) is 11.8 Å². The predicted molar refractivity (Wildman–Crippen MR) is 146 cm³/mol. The molecule has 4 heterocycles. The molecule has 0 saturated carbocycles. The molecular formula is C24H21ClN6O8S2. The van der Waals surface area contributed by atoms with Crippen molar-refractivity contribution < 1.29 is 34.5 Å². The highest BCUT2D eigenvalue weighted by Gasteiger charge is 2.55. The molecule has 5 rings (SSSR count). The summed E-state index contributed by atoms with van der Waals surface area (Å²) < 4.78 is 1.03. The van der Waals surface area contributed by atoms with Crippen LogP contribution in [0.3, 0.4) is 0 Å². The van der Waals surface area contributed by atoms with E-state index in [1.165, 1.54) is 30.0 Å². The molecule has 1 aromatic carbocycles. The van der Waals surface area contributed by atoms with Gasteiger partial charge in [0.25, 0.3) is 11.8 Å². The molecule has 214 valence electrons. The van der Waals surface area contributed by atoms with Gasteiger partial charge >= 0.3 is 17.6 Å². The first-order chi connectivity index (χ1) is 19.6. The number of carboxylic acids is 2. The number of thioether (sulfide) groups is 2. The highest BCUT2D eigenvalue weighted by molar-refractivity contribution is 8.01. The van der Waals surface area contributed by atoms with Gasteiger partial charge in [0.1, 0.15) is 22.1 Å². The van der Waals surface area contributed by atoms with Crippen LogP contribution in [0, 0.1) is 0 Å². The fourth-order valence-corrected chi connectivity index (χ4v) is 7.42. The number of H-pyrrole nitrogens is 1. The highest BCUT2D eigenvalue weighted by Crippen LogP contribution is 2.45. The third kappa shape index (κ3) is 5.55. The van der Waals surface area contributed by atoms with Gasteiger partial charge in [0.15, 0.2) is 11.8 Å². The number of benzene rings is 1. The maximum Gasteiger partial charge on any atom is 0.364 e. The summed E-state index contributed by atoms with van der Waals surface area (Å²) in [6.07, 6.45) is -1.92. The molecule has 4 atom stereocenters. The van der Waals surface area contributed by atoms with Crippen LogP contribution in [-0.4, -0.2) is 86.2 Å². The Hall–Kier alpha value is -3.86. The second kappa shape index (κ2) is 11.6. The number of aromatic nitrogens is 4. The first-order valence-electron chi connectivity index (χ1n) is 12.0. The Kier molecular flexibility index (Phi) is 8.08. The number of aliphatic hydroxyl groups is 1. The molecule has 1 fully saturated rings. The molecule has 14 nitrogen and oxygen atoms in total. The summed E-state index contributed by atoms with van der Waals surface area (Å²) in [5, 5.41) is 41.7. The summed E-state index contributed by atoms with van der Waals surface area (Å²) in [6, 6.07) is 8.21. The lowest BCUT2D eigenvalue weighted by Gasteiger charge is -2.50. The number of rotatable bonds is 10. The van der Waals surface area contributed by atoms with Crippen molar-refractivity contribution in [2.45, 2.75) is 40.6 Å². The number of halogens is 1. The van der Waals surface area contributed by atoms with E-state index in [0.717, 1.165) is 21.2 Å². The van der Waals surface area contributed by atoms with E-state index in [0.29, 0.717) is 10.6 Å². The van der Waals surface area contributed by atoms with Gasteiger partial charge in [-0.25, -0.2) is 14.7 Å². The maximum absolute atomic E-state index is 13.2. The zero-order valence-corrected chi connectivity index (χ0v) is 23.1. The Morgan fingerprint density at radius 2 is 1.95 bits per heavy atom. The minimum Gasteiger partial charge on any atom is -0.481 e. The van der Waals surface area contributed by atoms with Crippen LogP contribution >= 0.6 is 35.1 Å². The molecule has 2 aliphatic heterocycles. The van der Waals surface area contributed by atoms with Crippen LogP contribution in [0.4, 0.5) is 0 Å². The summed E-state index contributed by atoms with van der Waals surface area (Å²) in [4.78, 5) is 62.7. The van der Waals surface area contributed by atoms with Crippen molar-refractivity contribution in [3.8, 4) is 0 Å². The van der Waals surface area contributed by atoms with E-state index in [1.807, 2.05) is 0 Å². The third-order valence-corrected chi connectivity index (χ3v) is 9.38. The number of hydrogen-bond donors (Lipinski definition) is 5. The van der Waals surface area contributed by atoms with E-state index < -0.39 is 52.2 Å². The molecule has 3 aromatic rings. The van der Waals surface area contributed by atoms with Crippen molar-refractivity contribution in [1.29, 1.82) is 0 Å². The number of carbonyl (C=O) groups is 4. The van der Waals surface area contributed by atoms with Gasteiger partial charge < -0.3 is 20.6 Å². The largest absolute Gasteiger partial charge is 0.481 e. The lowest BCUT2D eigenvalue weighted by atomic mass is 9.99. The number of carbonyl (C=O) groups excluding carboxylic acids is 2. The number of hydrogen-bond acceptors (Lipinski definition) is 10. The van der Waals surface area contributed by atoms with E-state index >= 15 is 0 Å². The number of nitrogens with zero attached hydrogens (tertiary/aromatic N) is 4. The molecule has 5 N–H and O–H groups in total. The van der Waals surface area contributed by atoms with Crippen molar-refractivity contribution in [3.63, 3.8) is 0 Å². The number of carboxylic acid groups (broad SMARTS) is 2. The van der Waals surface area contributed by atoms with Crippen molar-refractivity contribution in [2.24, 2.45) is 0 Å². The molecule has 2 aliphatic rings. The Balaban J connectivity index is 1.40. The zero-order valence-electron chi connectivity index (χ0n) is 20.8. The minimum absolute atomic E-state index is 0.0174. The molecule has 2 aromatic heterocycles. The van der Waals surface area contributed by atoms with Crippen molar-refractivity contribution in [2.75, 3.05) is 5.75 Å². The second-order valence-corrected chi connectivity index (χ2v) is 11.7. The lowest BCUT2D eigenvalue weighted by molar-refractivity contribution is -0.151. The molecule has 0 spiro atoms.